The summed E-state index contributed by atoms with van der Waals surface area (Å²) in [4.78, 5) is 16.7. The van der Waals surface area contributed by atoms with E-state index in [2.05, 4.69) is 4.90 Å². The molecule has 2 aliphatic rings. The third kappa shape index (κ3) is 3.95. The highest BCUT2D eigenvalue weighted by molar-refractivity contribution is 5.78. The van der Waals surface area contributed by atoms with Crippen LogP contribution in [0.2, 0.25) is 0 Å². The first-order chi connectivity index (χ1) is 11.5. The largest absolute Gasteiger partial charge is 0.370 e. The zero-order chi connectivity index (χ0) is 17.2. The third-order valence-electron chi connectivity index (χ3n) is 4.99. The number of hydrogen-bond acceptors (Lipinski definition) is 3. The maximum absolute atomic E-state index is 13.1. The summed E-state index contributed by atoms with van der Waals surface area (Å²) in [5.74, 6) is 0.0414. The molecule has 1 spiro atoms. The molecule has 1 aromatic rings. The summed E-state index contributed by atoms with van der Waals surface area (Å²) in [7, 11) is 0. The Kier molecular flexibility index (Phi) is 5.21. The molecule has 1 aromatic carbocycles. The fourth-order valence-electron chi connectivity index (χ4n) is 3.80. The summed E-state index contributed by atoms with van der Waals surface area (Å²) in [6.45, 7) is 8.60. The number of nitrogens with zero attached hydrogens (tertiary/aromatic N) is 2. The van der Waals surface area contributed by atoms with E-state index in [1.165, 1.54) is 12.1 Å². The van der Waals surface area contributed by atoms with Crippen molar-refractivity contribution in [3.05, 3.63) is 35.6 Å². The average Bonchev–Trinajstić information content (AvgIpc) is 2.56. The Morgan fingerprint density at radius 2 is 2.00 bits per heavy atom. The molecular weight excluding hydrogens is 307 g/mol. The predicted octanol–water partition coefficient (Wildman–Crippen LogP) is 2.68. The van der Waals surface area contributed by atoms with Gasteiger partial charge in [0.15, 0.2) is 0 Å². The molecule has 2 saturated heterocycles. The van der Waals surface area contributed by atoms with Gasteiger partial charge in [-0.15, -0.1) is 0 Å². The highest BCUT2D eigenvalue weighted by Crippen LogP contribution is 2.30. The van der Waals surface area contributed by atoms with Crippen molar-refractivity contribution >= 4 is 5.91 Å². The topological polar surface area (TPSA) is 32.8 Å². The van der Waals surface area contributed by atoms with Crippen molar-refractivity contribution in [3.8, 4) is 0 Å². The van der Waals surface area contributed by atoms with Gasteiger partial charge in [-0.1, -0.05) is 26.0 Å². The zero-order valence-corrected chi connectivity index (χ0v) is 14.6. The lowest BCUT2D eigenvalue weighted by atomic mass is 9.90. The molecule has 5 heteroatoms. The van der Waals surface area contributed by atoms with Crippen LogP contribution in [0.5, 0.6) is 0 Å². The molecule has 0 bridgehead atoms. The lowest BCUT2D eigenvalue weighted by Gasteiger charge is -2.48. The van der Waals surface area contributed by atoms with Crippen LogP contribution >= 0.6 is 0 Å². The Bertz CT molecular complexity index is 571. The van der Waals surface area contributed by atoms with Crippen LogP contribution < -0.4 is 0 Å². The van der Waals surface area contributed by atoms with Gasteiger partial charge in [0, 0.05) is 32.1 Å². The monoisotopic (exact) mass is 334 g/mol. The number of amides is 1. The van der Waals surface area contributed by atoms with Gasteiger partial charge in [0.2, 0.25) is 5.91 Å². The van der Waals surface area contributed by atoms with E-state index in [1.54, 1.807) is 0 Å². The molecule has 3 rings (SSSR count). The number of morpholine rings is 1. The maximum atomic E-state index is 13.1. The second-order valence-electron chi connectivity index (χ2n) is 7.39. The number of rotatable bonds is 3. The standard InChI is InChI=1S/C19H27FN2O2/c1-15(2)18(23)22-9-3-8-19(14-22)13-21(10-11-24-19)12-16-4-6-17(20)7-5-16/h4-7,15H,3,8-14H2,1-2H3/t19-/m1/s1. The minimum absolute atomic E-state index is 0.0269. The van der Waals surface area contributed by atoms with Crippen molar-refractivity contribution in [1.29, 1.82) is 0 Å². The molecule has 1 amide bonds. The molecule has 4 nitrogen and oxygen atoms in total. The maximum Gasteiger partial charge on any atom is 0.225 e. The number of carbonyl (C=O) groups excluding carboxylic acids is 1. The van der Waals surface area contributed by atoms with Crippen LogP contribution in [0.1, 0.15) is 32.3 Å². The molecule has 2 fully saturated rings. The van der Waals surface area contributed by atoms with Crippen molar-refractivity contribution in [2.75, 3.05) is 32.8 Å². The minimum Gasteiger partial charge on any atom is -0.370 e. The molecule has 0 N–H and O–H groups in total. The summed E-state index contributed by atoms with van der Waals surface area (Å²) in [5, 5.41) is 0. The normalized spacial score (nSPS) is 25.4. The highest BCUT2D eigenvalue weighted by Gasteiger charge is 2.41. The summed E-state index contributed by atoms with van der Waals surface area (Å²) in [6.07, 6.45) is 1.98. The van der Waals surface area contributed by atoms with Gasteiger partial charge in [0.25, 0.3) is 0 Å². The van der Waals surface area contributed by atoms with Crippen LogP contribution in [0.25, 0.3) is 0 Å². The SMILES string of the molecule is CC(C)C(=O)N1CCC[C@@]2(CN(Cc3ccc(F)cc3)CCO2)C1. The second kappa shape index (κ2) is 7.19. The van der Waals surface area contributed by atoms with Crippen molar-refractivity contribution in [3.63, 3.8) is 0 Å². The molecule has 0 radical (unpaired) electrons. The number of halogens is 1. The van der Waals surface area contributed by atoms with Crippen LogP contribution in [0.15, 0.2) is 24.3 Å². The molecule has 0 saturated carbocycles. The van der Waals surface area contributed by atoms with Crippen LogP contribution in [0, 0.1) is 11.7 Å². The molecule has 0 unspecified atom stereocenters. The van der Waals surface area contributed by atoms with E-state index in [0.29, 0.717) is 13.2 Å². The van der Waals surface area contributed by atoms with Crippen LogP contribution in [-0.2, 0) is 16.1 Å². The van der Waals surface area contributed by atoms with E-state index in [0.717, 1.165) is 44.6 Å². The van der Waals surface area contributed by atoms with E-state index in [4.69, 9.17) is 4.74 Å². The Balaban J connectivity index is 1.65. The van der Waals surface area contributed by atoms with Gasteiger partial charge in [-0.05, 0) is 30.5 Å². The van der Waals surface area contributed by atoms with E-state index < -0.39 is 0 Å². The number of benzene rings is 1. The molecule has 0 aliphatic carbocycles. The molecule has 132 valence electrons. The fourth-order valence-corrected chi connectivity index (χ4v) is 3.80. The fraction of sp³-hybridized carbons (Fsp3) is 0.632. The molecule has 2 aliphatic heterocycles. The van der Waals surface area contributed by atoms with E-state index in [1.807, 2.05) is 30.9 Å². The molecule has 24 heavy (non-hydrogen) atoms. The molecule has 0 aromatic heterocycles. The first-order valence-corrected chi connectivity index (χ1v) is 8.87. The van der Waals surface area contributed by atoms with Crippen molar-refractivity contribution in [2.45, 2.75) is 38.8 Å². The summed E-state index contributed by atoms with van der Waals surface area (Å²) >= 11 is 0. The van der Waals surface area contributed by atoms with Crippen LogP contribution in [-0.4, -0.2) is 54.1 Å². The van der Waals surface area contributed by atoms with E-state index >= 15 is 0 Å². The zero-order valence-electron chi connectivity index (χ0n) is 14.6. The third-order valence-corrected chi connectivity index (χ3v) is 4.99. The van der Waals surface area contributed by atoms with E-state index in [-0.39, 0.29) is 23.2 Å². The summed E-state index contributed by atoms with van der Waals surface area (Å²) < 4.78 is 19.2. The van der Waals surface area contributed by atoms with Gasteiger partial charge in [-0.2, -0.15) is 0 Å². The predicted molar refractivity (Wildman–Crippen MR) is 91.0 cm³/mol. The van der Waals surface area contributed by atoms with Gasteiger partial charge < -0.3 is 9.64 Å². The van der Waals surface area contributed by atoms with Gasteiger partial charge in [-0.25, -0.2) is 4.39 Å². The Hall–Kier alpha value is -1.46. The molecule has 1 atom stereocenters. The van der Waals surface area contributed by atoms with Crippen molar-refractivity contribution in [1.82, 2.24) is 9.80 Å². The number of likely N-dealkylation sites (tertiary alicyclic amines) is 1. The van der Waals surface area contributed by atoms with Crippen molar-refractivity contribution in [2.24, 2.45) is 5.92 Å². The Labute approximate surface area is 143 Å². The molecular formula is C19H27FN2O2. The Morgan fingerprint density at radius 1 is 1.25 bits per heavy atom. The number of piperidine rings is 1. The minimum atomic E-state index is -0.249. The summed E-state index contributed by atoms with van der Waals surface area (Å²) in [5.41, 5.74) is 0.862. The van der Waals surface area contributed by atoms with Gasteiger partial charge in [0.1, 0.15) is 5.82 Å². The number of hydrogen-bond donors (Lipinski definition) is 0. The smallest absolute Gasteiger partial charge is 0.225 e. The first-order valence-electron chi connectivity index (χ1n) is 8.87. The van der Waals surface area contributed by atoms with Gasteiger partial charge in [0.05, 0.1) is 18.8 Å². The summed E-state index contributed by atoms with van der Waals surface area (Å²) in [6, 6.07) is 6.70. The second-order valence-corrected chi connectivity index (χ2v) is 7.39. The van der Waals surface area contributed by atoms with Crippen molar-refractivity contribution < 1.29 is 13.9 Å². The number of carbonyl (C=O) groups is 1. The van der Waals surface area contributed by atoms with Crippen LogP contribution in [0.4, 0.5) is 4.39 Å². The lowest BCUT2D eigenvalue weighted by Crippen LogP contribution is -2.60. The number of ether oxygens (including phenoxy) is 1. The lowest BCUT2D eigenvalue weighted by molar-refractivity contribution is -0.160. The van der Waals surface area contributed by atoms with Gasteiger partial charge >= 0.3 is 0 Å². The quantitative estimate of drug-likeness (QED) is 0.852. The highest BCUT2D eigenvalue weighted by atomic mass is 19.1. The average molecular weight is 334 g/mol. The van der Waals surface area contributed by atoms with Crippen LogP contribution in [0.3, 0.4) is 0 Å². The first kappa shape index (κ1) is 17.4. The van der Waals surface area contributed by atoms with E-state index in [9.17, 15) is 9.18 Å². The molecule has 2 heterocycles. The van der Waals surface area contributed by atoms with Gasteiger partial charge in [-0.3, -0.25) is 9.69 Å². The Morgan fingerprint density at radius 3 is 2.71 bits per heavy atom.